The molecule has 2 aromatic heterocycles. The maximum absolute atomic E-state index is 4.31. The van der Waals surface area contributed by atoms with Crippen molar-refractivity contribution >= 4 is 0 Å². The summed E-state index contributed by atoms with van der Waals surface area (Å²) in [5, 5.41) is 12.3. The molecule has 0 bridgehead atoms. The smallest absolute Gasteiger partial charge is 0.205 e. The molecule has 3 aromatic rings. The van der Waals surface area contributed by atoms with Crippen LogP contribution in [0.4, 0.5) is 0 Å². The predicted molar refractivity (Wildman–Crippen MR) is 62.4 cm³/mol. The summed E-state index contributed by atoms with van der Waals surface area (Å²) in [7, 11) is 0. The van der Waals surface area contributed by atoms with E-state index in [4.69, 9.17) is 0 Å². The van der Waals surface area contributed by atoms with Gasteiger partial charge in [-0.25, -0.2) is 0 Å². The normalized spacial score (nSPS) is 10.4. The largest absolute Gasteiger partial charge is 0.262 e. The zero-order valence-electron chi connectivity index (χ0n) is 8.93. The molecule has 0 N–H and O–H groups in total. The van der Waals surface area contributed by atoms with Gasteiger partial charge in [-0.15, -0.1) is 15.0 Å². The van der Waals surface area contributed by atoms with Gasteiger partial charge in [-0.2, -0.15) is 0 Å². The zero-order chi connectivity index (χ0) is 11.5. The first-order chi connectivity index (χ1) is 8.43. The van der Waals surface area contributed by atoms with Crippen LogP contribution in [0.5, 0.6) is 0 Å². The van der Waals surface area contributed by atoms with Gasteiger partial charge in [0, 0.05) is 11.8 Å². The molecule has 5 heteroatoms. The first-order valence-electron chi connectivity index (χ1n) is 5.19. The van der Waals surface area contributed by atoms with Crippen LogP contribution in [-0.2, 0) is 0 Å². The van der Waals surface area contributed by atoms with Gasteiger partial charge in [0.05, 0.1) is 6.20 Å². The maximum Gasteiger partial charge on any atom is 0.205 e. The summed E-state index contributed by atoms with van der Waals surface area (Å²) < 4.78 is 0. The molecule has 0 saturated carbocycles. The molecule has 17 heavy (non-hydrogen) atoms. The average molecular weight is 223 g/mol. The molecule has 0 amide bonds. The minimum Gasteiger partial charge on any atom is -0.262 e. The molecule has 0 unspecified atom stereocenters. The van der Waals surface area contributed by atoms with Gasteiger partial charge in [-0.05, 0) is 17.3 Å². The number of hydrogen-bond acceptors (Lipinski definition) is 4. The molecule has 82 valence electrons. The van der Waals surface area contributed by atoms with Crippen LogP contribution in [0.3, 0.4) is 0 Å². The lowest BCUT2D eigenvalue weighted by Crippen LogP contribution is -1.98. The van der Waals surface area contributed by atoms with E-state index in [2.05, 4.69) is 20.4 Å². The Bertz CT molecular complexity index is 549. The molecule has 1 aromatic carbocycles. The molecular weight excluding hydrogens is 214 g/mol. The topological polar surface area (TPSA) is 56.5 Å². The summed E-state index contributed by atoms with van der Waals surface area (Å²) in [6.07, 6.45) is 3.40. The summed E-state index contributed by atoms with van der Waals surface area (Å²) >= 11 is 0. The second-order valence-electron chi connectivity index (χ2n) is 3.48. The van der Waals surface area contributed by atoms with Crippen molar-refractivity contribution in [3.8, 4) is 17.1 Å². The number of pyridine rings is 1. The highest BCUT2D eigenvalue weighted by Gasteiger charge is 2.05. The monoisotopic (exact) mass is 223 g/mol. The van der Waals surface area contributed by atoms with Crippen molar-refractivity contribution in [1.29, 1.82) is 0 Å². The number of rotatable bonds is 2. The molecule has 0 aliphatic carbocycles. The molecule has 0 spiro atoms. The van der Waals surface area contributed by atoms with E-state index in [-0.39, 0.29) is 0 Å². The summed E-state index contributed by atoms with van der Waals surface area (Å²) in [5.41, 5.74) is 1.74. The Kier molecular flexibility index (Phi) is 2.34. The summed E-state index contributed by atoms with van der Waals surface area (Å²) in [6, 6.07) is 13.5. The molecule has 3 rings (SSSR count). The SMILES string of the molecule is c1ccc(-c2nnn(-c3cccnc3)n2)cc1. The fourth-order valence-corrected chi connectivity index (χ4v) is 1.50. The van der Waals surface area contributed by atoms with Gasteiger partial charge in [-0.3, -0.25) is 4.98 Å². The third-order valence-electron chi connectivity index (χ3n) is 2.32. The van der Waals surface area contributed by atoms with Crippen molar-refractivity contribution in [3.63, 3.8) is 0 Å². The molecule has 2 heterocycles. The third kappa shape index (κ3) is 1.90. The van der Waals surface area contributed by atoms with Crippen molar-refractivity contribution in [1.82, 2.24) is 25.2 Å². The fraction of sp³-hybridized carbons (Fsp3) is 0. The van der Waals surface area contributed by atoms with E-state index in [9.17, 15) is 0 Å². The first kappa shape index (κ1) is 9.65. The number of benzene rings is 1. The van der Waals surface area contributed by atoms with Crippen LogP contribution in [0.25, 0.3) is 17.1 Å². The number of hydrogen-bond donors (Lipinski definition) is 0. The van der Waals surface area contributed by atoms with Crippen molar-refractivity contribution < 1.29 is 0 Å². The first-order valence-corrected chi connectivity index (χ1v) is 5.19. The Labute approximate surface area is 97.7 Å². The standard InChI is InChI=1S/C12H9N5/c1-2-5-10(6-3-1)12-14-16-17(15-12)11-7-4-8-13-9-11/h1-9H. The summed E-state index contributed by atoms with van der Waals surface area (Å²) in [4.78, 5) is 5.48. The lowest BCUT2D eigenvalue weighted by atomic mass is 10.2. The van der Waals surface area contributed by atoms with Crippen molar-refractivity contribution in [3.05, 3.63) is 54.9 Å². The van der Waals surface area contributed by atoms with Gasteiger partial charge in [0.2, 0.25) is 5.82 Å². The van der Waals surface area contributed by atoms with Crippen molar-refractivity contribution in [2.75, 3.05) is 0 Å². The molecule has 0 aliphatic rings. The van der Waals surface area contributed by atoms with E-state index in [1.165, 1.54) is 4.80 Å². The van der Waals surface area contributed by atoms with E-state index < -0.39 is 0 Å². The van der Waals surface area contributed by atoms with Crippen LogP contribution in [0.2, 0.25) is 0 Å². The van der Waals surface area contributed by atoms with E-state index in [1.54, 1.807) is 12.4 Å². The highest BCUT2D eigenvalue weighted by atomic mass is 15.6. The van der Waals surface area contributed by atoms with E-state index in [0.29, 0.717) is 5.82 Å². The number of nitrogens with zero attached hydrogens (tertiary/aromatic N) is 5. The van der Waals surface area contributed by atoms with Gasteiger partial charge in [0.15, 0.2) is 0 Å². The maximum atomic E-state index is 4.31. The van der Waals surface area contributed by atoms with E-state index in [1.807, 2.05) is 42.5 Å². The lowest BCUT2D eigenvalue weighted by Gasteiger charge is -1.95. The van der Waals surface area contributed by atoms with Gasteiger partial charge < -0.3 is 0 Å². The predicted octanol–water partition coefficient (Wildman–Crippen LogP) is 1.72. The fourth-order valence-electron chi connectivity index (χ4n) is 1.50. The van der Waals surface area contributed by atoms with Crippen LogP contribution in [-0.4, -0.2) is 25.2 Å². The van der Waals surface area contributed by atoms with Crippen LogP contribution in [0.15, 0.2) is 54.9 Å². The molecule has 0 fully saturated rings. The third-order valence-corrected chi connectivity index (χ3v) is 2.32. The second kappa shape index (κ2) is 4.13. The lowest BCUT2D eigenvalue weighted by molar-refractivity contribution is 0.717. The number of tetrazole rings is 1. The zero-order valence-corrected chi connectivity index (χ0v) is 8.93. The van der Waals surface area contributed by atoms with Crippen LogP contribution in [0.1, 0.15) is 0 Å². The Morgan fingerprint density at radius 2 is 1.82 bits per heavy atom. The van der Waals surface area contributed by atoms with Gasteiger partial charge >= 0.3 is 0 Å². The molecule has 0 aliphatic heterocycles. The molecule has 0 saturated heterocycles. The summed E-state index contributed by atoms with van der Waals surface area (Å²) in [5.74, 6) is 0.606. The van der Waals surface area contributed by atoms with Gasteiger partial charge in [0.1, 0.15) is 5.69 Å². The highest BCUT2D eigenvalue weighted by Crippen LogP contribution is 2.13. The Balaban J connectivity index is 1.99. The van der Waals surface area contributed by atoms with Crippen LogP contribution < -0.4 is 0 Å². The molecule has 0 atom stereocenters. The second-order valence-corrected chi connectivity index (χ2v) is 3.48. The van der Waals surface area contributed by atoms with Crippen LogP contribution in [0, 0.1) is 0 Å². The minimum atomic E-state index is 0.606. The number of aromatic nitrogens is 5. The highest BCUT2D eigenvalue weighted by molar-refractivity contribution is 5.53. The van der Waals surface area contributed by atoms with E-state index in [0.717, 1.165) is 11.3 Å². The minimum absolute atomic E-state index is 0.606. The summed E-state index contributed by atoms with van der Waals surface area (Å²) in [6.45, 7) is 0. The van der Waals surface area contributed by atoms with Gasteiger partial charge in [-0.1, -0.05) is 30.3 Å². The molecular formula is C12H9N5. The Morgan fingerprint density at radius 3 is 2.59 bits per heavy atom. The molecule has 0 radical (unpaired) electrons. The quantitative estimate of drug-likeness (QED) is 0.663. The van der Waals surface area contributed by atoms with Crippen molar-refractivity contribution in [2.45, 2.75) is 0 Å². The van der Waals surface area contributed by atoms with Crippen molar-refractivity contribution in [2.24, 2.45) is 0 Å². The Morgan fingerprint density at radius 1 is 0.941 bits per heavy atom. The van der Waals surface area contributed by atoms with Crippen LogP contribution >= 0.6 is 0 Å². The van der Waals surface area contributed by atoms with Gasteiger partial charge in [0.25, 0.3) is 0 Å². The molecule has 5 nitrogen and oxygen atoms in total. The average Bonchev–Trinajstić information content (AvgIpc) is 2.90. The Hall–Kier alpha value is -2.56. The van der Waals surface area contributed by atoms with E-state index >= 15 is 0 Å².